The molecule has 0 fully saturated rings. The highest BCUT2D eigenvalue weighted by molar-refractivity contribution is 5.74. The zero-order valence-electron chi connectivity index (χ0n) is 8.12. The van der Waals surface area contributed by atoms with Crippen molar-refractivity contribution in [2.45, 2.75) is 13.0 Å². The number of hydrogen-bond acceptors (Lipinski definition) is 2. The number of aliphatic hydroxyl groups is 1. The number of nitrogens with one attached hydrogen (secondary N) is 2. The SMILES string of the molecule is Cc1cccc([C@@H](O)CNC(=N)N)c1. The van der Waals surface area contributed by atoms with Crippen LogP contribution >= 0.6 is 0 Å². The predicted molar refractivity (Wildman–Crippen MR) is 56.1 cm³/mol. The predicted octanol–water partition coefficient (Wildman–Crippen LogP) is 0.511. The molecule has 0 aliphatic carbocycles. The van der Waals surface area contributed by atoms with Crippen molar-refractivity contribution in [2.24, 2.45) is 5.73 Å². The van der Waals surface area contributed by atoms with Gasteiger partial charge in [-0.3, -0.25) is 5.41 Å². The molecule has 0 heterocycles. The van der Waals surface area contributed by atoms with Crippen molar-refractivity contribution in [3.05, 3.63) is 35.4 Å². The van der Waals surface area contributed by atoms with Gasteiger partial charge in [-0.05, 0) is 12.5 Å². The van der Waals surface area contributed by atoms with E-state index in [9.17, 15) is 5.11 Å². The quantitative estimate of drug-likeness (QED) is 0.417. The molecule has 1 aromatic rings. The second kappa shape index (κ2) is 4.62. The minimum atomic E-state index is -0.626. The second-order valence-electron chi connectivity index (χ2n) is 3.22. The average Bonchev–Trinajstić information content (AvgIpc) is 2.14. The molecule has 0 saturated heterocycles. The monoisotopic (exact) mass is 193 g/mol. The van der Waals surface area contributed by atoms with Crippen LogP contribution in [0.15, 0.2) is 24.3 Å². The third-order valence-electron chi connectivity index (χ3n) is 1.91. The molecule has 0 aromatic heterocycles. The van der Waals surface area contributed by atoms with E-state index in [-0.39, 0.29) is 12.5 Å². The minimum Gasteiger partial charge on any atom is -0.387 e. The summed E-state index contributed by atoms with van der Waals surface area (Å²) in [5, 5.41) is 19.2. The Morgan fingerprint density at radius 2 is 2.36 bits per heavy atom. The fraction of sp³-hybridized carbons (Fsp3) is 0.300. The third kappa shape index (κ3) is 3.06. The van der Waals surface area contributed by atoms with Gasteiger partial charge in [0.25, 0.3) is 0 Å². The van der Waals surface area contributed by atoms with Crippen molar-refractivity contribution in [1.29, 1.82) is 5.41 Å². The zero-order valence-corrected chi connectivity index (χ0v) is 8.12. The van der Waals surface area contributed by atoms with Crippen molar-refractivity contribution in [3.63, 3.8) is 0 Å². The Balaban J connectivity index is 2.60. The molecule has 0 radical (unpaired) electrons. The first kappa shape index (κ1) is 10.5. The van der Waals surface area contributed by atoms with Crippen LogP contribution in [0, 0.1) is 12.3 Å². The number of guanidine groups is 1. The van der Waals surface area contributed by atoms with Crippen LogP contribution in [0.3, 0.4) is 0 Å². The number of aryl methyl sites for hydroxylation is 1. The molecule has 5 N–H and O–H groups in total. The normalized spacial score (nSPS) is 12.1. The molecule has 76 valence electrons. The van der Waals surface area contributed by atoms with E-state index in [1.165, 1.54) is 0 Å². The molecular weight excluding hydrogens is 178 g/mol. The molecule has 1 aromatic carbocycles. The van der Waals surface area contributed by atoms with Gasteiger partial charge in [-0.15, -0.1) is 0 Å². The summed E-state index contributed by atoms with van der Waals surface area (Å²) in [5.74, 6) is -0.128. The Morgan fingerprint density at radius 3 is 2.93 bits per heavy atom. The van der Waals surface area contributed by atoms with Crippen LogP contribution in [0.5, 0.6) is 0 Å². The highest BCUT2D eigenvalue weighted by atomic mass is 16.3. The van der Waals surface area contributed by atoms with Crippen LogP contribution in [0.25, 0.3) is 0 Å². The van der Waals surface area contributed by atoms with E-state index in [0.717, 1.165) is 11.1 Å². The van der Waals surface area contributed by atoms with Gasteiger partial charge in [0, 0.05) is 6.54 Å². The van der Waals surface area contributed by atoms with E-state index in [4.69, 9.17) is 11.1 Å². The van der Waals surface area contributed by atoms with E-state index in [0.29, 0.717) is 0 Å². The number of rotatable bonds is 3. The van der Waals surface area contributed by atoms with Crippen LogP contribution in [0.4, 0.5) is 0 Å². The van der Waals surface area contributed by atoms with Crippen LogP contribution in [-0.4, -0.2) is 17.6 Å². The molecule has 0 amide bonds. The number of aliphatic hydroxyl groups excluding tert-OH is 1. The van der Waals surface area contributed by atoms with Gasteiger partial charge in [0.1, 0.15) is 0 Å². The van der Waals surface area contributed by atoms with E-state index < -0.39 is 6.10 Å². The number of hydrogen-bond donors (Lipinski definition) is 4. The Bertz CT molecular complexity index is 325. The lowest BCUT2D eigenvalue weighted by Gasteiger charge is -2.12. The molecule has 0 aliphatic heterocycles. The lowest BCUT2D eigenvalue weighted by atomic mass is 10.1. The van der Waals surface area contributed by atoms with Crippen LogP contribution in [0.2, 0.25) is 0 Å². The zero-order chi connectivity index (χ0) is 10.6. The summed E-state index contributed by atoms with van der Waals surface area (Å²) in [6.07, 6.45) is -0.626. The molecule has 1 atom stereocenters. The third-order valence-corrected chi connectivity index (χ3v) is 1.91. The molecule has 4 nitrogen and oxygen atoms in total. The Kier molecular flexibility index (Phi) is 3.48. The Morgan fingerprint density at radius 1 is 1.64 bits per heavy atom. The summed E-state index contributed by atoms with van der Waals surface area (Å²) >= 11 is 0. The van der Waals surface area contributed by atoms with Gasteiger partial charge in [-0.2, -0.15) is 0 Å². The highest BCUT2D eigenvalue weighted by Crippen LogP contribution is 2.12. The largest absolute Gasteiger partial charge is 0.387 e. The second-order valence-corrected chi connectivity index (χ2v) is 3.22. The highest BCUT2D eigenvalue weighted by Gasteiger charge is 2.06. The molecule has 0 spiro atoms. The maximum atomic E-state index is 9.68. The molecule has 0 bridgehead atoms. The van der Waals surface area contributed by atoms with E-state index in [1.807, 2.05) is 31.2 Å². The van der Waals surface area contributed by atoms with Crippen LogP contribution in [-0.2, 0) is 0 Å². The summed E-state index contributed by atoms with van der Waals surface area (Å²) in [6, 6.07) is 7.61. The van der Waals surface area contributed by atoms with Gasteiger partial charge in [0.2, 0.25) is 0 Å². The average molecular weight is 193 g/mol. The van der Waals surface area contributed by atoms with Crippen molar-refractivity contribution in [1.82, 2.24) is 5.32 Å². The maximum absolute atomic E-state index is 9.68. The Labute approximate surface area is 83.3 Å². The minimum absolute atomic E-state index is 0.128. The first-order chi connectivity index (χ1) is 6.59. The first-order valence-corrected chi connectivity index (χ1v) is 4.42. The maximum Gasteiger partial charge on any atom is 0.185 e. The van der Waals surface area contributed by atoms with Gasteiger partial charge in [-0.1, -0.05) is 29.8 Å². The van der Waals surface area contributed by atoms with Crippen molar-refractivity contribution in [2.75, 3.05) is 6.54 Å². The number of nitrogens with two attached hydrogens (primary N) is 1. The van der Waals surface area contributed by atoms with E-state index >= 15 is 0 Å². The molecule has 0 saturated carbocycles. The van der Waals surface area contributed by atoms with Crippen molar-refractivity contribution in [3.8, 4) is 0 Å². The summed E-state index contributed by atoms with van der Waals surface area (Å²) in [6.45, 7) is 2.23. The molecule has 0 unspecified atom stereocenters. The smallest absolute Gasteiger partial charge is 0.185 e. The lowest BCUT2D eigenvalue weighted by molar-refractivity contribution is 0.181. The first-order valence-electron chi connectivity index (χ1n) is 4.42. The summed E-state index contributed by atoms with van der Waals surface area (Å²) < 4.78 is 0. The molecule has 0 aliphatic rings. The molecule has 1 rings (SSSR count). The van der Waals surface area contributed by atoms with Crippen LogP contribution < -0.4 is 11.1 Å². The topological polar surface area (TPSA) is 82.1 Å². The lowest BCUT2D eigenvalue weighted by Crippen LogP contribution is -2.33. The van der Waals surface area contributed by atoms with Gasteiger partial charge in [0.15, 0.2) is 5.96 Å². The van der Waals surface area contributed by atoms with Gasteiger partial charge < -0.3 is 16.2 Å². The van der Waals surface area contributed by atoms with Gasteiger partial charge in [-0.25, -0.2) is 0 Å². The Hall–Kier alpha value is -1.55. The summed E-state index contributed by atoms with van der Waals surface area (Å²) in [4.78, 5) is 0. The standard InChI is InChI=1S/C10H15N3O/c1-7-3-2-4-8(5-7)9(14)6-13-10(11)12/h2-5,9,14H,6H2,1H3,(H4,11,12,13)/t9-/m0/s1. The van der Waals surface area contributed by atoms with Gasteiger partial charge >= 0.3 is 0 Å². The molecular formula is C10H15N3O. The molecule has 4 heteroatoms. The van der Waals surface area contributed by atoms with Crippen molar-refractivity contribution >= 4 is 5.96 Å². The van der Waals surface area contributed by atoms with Crippen LogP contribution in [0.1, 0.15) is 17.2 Å². The van der Waals surface area contributed by atoms with Crippen molar-refractivity contribution < 1.29 is 5.11 Å². The summed E-state index contributed by atoms with van der Waals surface area (Å²) in [7, 11) is 0. The fourth-order valence-electron chi connectivity index (χ4n) is 1.20. The fourth-order valence-corrected chi connectivity index (χ4v) is 1.20. The van der Waals surface area contributed by atoms with E-state index in [1.54, 1.807) is 0 Å². The molecule has 14 heavy (non-hydrogen) atoms. The van der Waals surface area contributed by atoms with E-state index in [2.05, 4.69) is 5.32 Å². The number of benzene rings is 1. The van der Waals surface area contributed by atoms with Gasteiger partial charge in [0.05, 0.1) is 6.10 Å². The summed E-state index contributed by atoms with van der Waals surface area (Å²) in [5.41, 5.74) is 7.04.